The fourth-order valence-electron chi connectivity index (χ4n) is 5.39. The topological polar surface area (TPSA) is 15.3 Å². The van der Waals surface area contributed by atoms with E-state index in [2.05, 4.69) is 44.8 Å². The molecule has 0 bridgehead atoms. The lowest BCUT2D eigenvalue weighted by Crippen LogP contribution is -2.48. The molecule has 116 valence electrons. The summed E-state index contributed by atoms with van der Waals surface area (Å²) in [4.78, 5) is 2.76. The smallest absolute Gasteiger partial charge is 0.0212 e. The van der Waals surface area contributed by atoms with Crippen molar-refractivity contribution in [1.82, 2.24) is 10.2 Å². The largest absolute Gasteiger partial charge is 0.310 e. The Morgan fingerprint density at radius 2 is 1.55 bits per heavy atom. The van der Waals surface area contributed by atoms with E-state index in [-0.39, 0.29) is 0 Å². The molecule has 2 saturated carbocycles. The molecule has 0 aromatic heterocycles. The third kappa shape index (κ3) is 3.39. The first kappa shape index (κ1) is 14.8. The van der Waals surface area contributed by atoms with E-state index < -0.39 is 0 Å². The predicted molar refractivity (Wildman–Crippen MR) is 85.9 cm³/mol. The normalized spacial score (nSPS) is 38.2. The van der Waals surface area contributed by atoms with Crippen LogP contribution in [0.25, 0.3) is 0 Å². The number of hydrogen-bond donors (Lipinski definition) is 1. The van der Waals surface area contributed by atoms with Gasteiger partial charge in [0.05, 0.1) is 0 Å². The molecule has 1 saturated heterocycles. The van der Waals surface area contributed by atoms with Crippen LogP contribution in [0, 0.1) is 10.8 Å². The highest BCUT2D eigenvalue weighted by Gasteiger charge is 2.42. The Hall–Kier alpha value is -0.0800. The van der Waals surface area contributed by atoms with Gasteiger partial charge in [-0.3, -0.25) is 4.90 Å². The van der Waals surface area contributed by atoms with Crippen LogP contribution in [0.2, 0.25) is 0 Å². The van der Waals surface area contributed by atoms with Gasteiger partial charge in [0, 0.05) is 30.7 Å². The van der Waals surface area contributed by atoms with Crippen molar-refractivity contribution in [3.05, 3.63) is 0 Å². The van der Waals surface area contributed by atoms with Gasteiger partial charge in [0.25, 0.3) is 0 Å². The highest BCUT2D eigenvalue weighted by atomic mass is 15.3. The van der Waals surface area contributed by atoms with Crippen LogP contribution in [0.1, 0.15) is 73.1 Å². The van der Waals surface area contributed by atoms with E-state index in [1.165, 1.54) is 45.1 Å². The maximum atomic E-state index is 4.03. The summed E-state index contributed by atoms with van der Waals surface area (Å²) in [7, 11) is 0. The molecule has 2 atom stereocenters. The van der Waals surface area contributed by atoms with Gasteiger partial charge in [-0.2, -0.15) is 0 Å². The first-order valence-corrected chi connectivity index (χ1v) is 8.76. The minimum absolute atomic E-state index is 0.500. The summed E-state index contributed by atoms with van der Waals surface area (Å²) in [5.41, 5.74) is 1.000. The Morgan fingerprint density at radius 1 is 0.950 bits per heavy atom. The van der Waals surface area contributed by atoms with E-state index in [9.17, 15) is 0 Å². The minimum Gasteiger partial charge on any atom is -0.310 e. The first-order valence-electron chi connectivity index (χ1n) is 8.76. The zero-order valence-electron chi connectivity index (χ0n) is 14.2. The molecule has 2 heteroatoms. The molecular weight excluding hydrogens is 244 g/mol. The molecule has 2 nitrogen and oxygen atoms in total. The number of hydrogen-bond acceptors (Lipinski definition) is 2. The number of rotatable bonds is 3. The lowest BCUT2D eigenvalue weighted by atomic mass is 9.63. The average Bonchev–Trinajstić information content (AvgIpc) is 2.99. The molecule has 1 heterocycles. The van der Waals surface area contributed by atoms with Crippen molar-refractivity contribution >= 4 is 0 Å². The molecule has 3 aliphatic rings. The van der Waals surface area contributed by atoms with E-state index in [0.717, 1.165) is 24.2 Å². The van der Waals surface area contributed by atoms with E-state index in [4.69, 9.17) is 0 Å². The van der Waals surface area contributed by atoms with Crippen LogP contribution in [-0.4, -0.2) is 35.6 Å². The molecule has 1 N–H and O–H groups in total. The van der Waals surface area contributed by atoms with Crippen LogP contribution >= 0.6 is 0 Å². The van der Waals surface area contributed by atoms with Gasteiger partial charge in [0.15, 0.2) is 0 Å². The summed E-state index contributed by atoms with van der Waals surface area (Å²) in [6.45, 7) is 13.5. The second-order valence-corrected chi connectivity index (χ2v) is 9.49. The molecule has 0 radical (unpaired) electrons. The van der Waals surface area contributed by atoms with Crippen molar-refractivity contribution in [2.24, 2.45) is 10.8 Å². The molecule has 20 heavy (non-hydrogen) atoms. The molecule has 1 aliphatic heterocycles. The van der Waals surface area contributed by atoms with Crippen molar-refractivity contribution in [1.29, 1.82) is 0 Å². The van der Waals surface area contributed by atoms with Gasteiger partial charge in [-0.15, -0.1) is 0 Å². The van der Waals surface area contributed by atoms with Crippen LogP contribution in [-0.2, 0) is 0 Å². The van der Waals surface area contributed by atoms with Crippen LogP contribution < -0.4 is 5.32 Å². The summed E-state index contributed by atoms with van der Waals surface area (Å²) in [6.07, 6.45) is 8.32. The highest BCUT2D eigenvalue weighted by molar-refractivity contribution is 4.99. The van der Waals surface area contributed by atoms with E-state index in [0.29, 0.717) is 10.8 Å². The Morgan fingerprint density at radius 3 is 2.10 bits per heavy atom. The van der Waals surface area contributed by atoms with Gasteiger partial charge in [0.2, 0.25) is 0 Å². The molecule has 3 rings (SSSR count). The first-order chi connectivity index (χ1) is 9.24. The number of likely N-dealkylation sites (tertiary alicyclic amines) is 1. The van der Waals surface area contributed by atoms with Crippen LogP contribution in [0.15, 0.2) is 0 Å². The zero-order chi connectivity index (χ0) is 14.5. The van der Waals surface area contributed by atoms with Crippen molar-refractivity contribution in [2.45, 2.75) is 97.3 Å². The van der Waals surface area contributed by atoms with E-state index >= 15 is 0 Å². The Labute approximate surface area is 125 Å². The summed E-state index contributed by atoms with van der Waals surface area (Å²) < 4.78 is 0. The maximum absolute atomic E-state index is 4.03. The van der Waals surface area contributed by atoms with E-state index in [1.807, 2.05) is 0 Å². The third-order valence-electron chi connectivity index (χ3n) is 5.67. The molecule has 0 aromatic rings. The van der Waals surface area contributed by atoms with E-state index in [1.54, 1.807) is 0 Å². The minimum atomic E-state index is 0.500. The van der Waals surface area contributed by atoms with Gasteiger partial charge in [-0.05, 0) is 56.3 Å². The molecular formula is C18H34N2. The summed E-state index contributed by atoms with van der Waals surface area (Å²) in [6, 6.07) is 3.19. The number of nitrogens with one attached hydrogen (secondary N) is 1. The van der Waals surface area contributed by atoms with Gasteiger partial charge >= 0.3 is 0 Å². The predicted octanol–water partition coefficient (Wildman–Crippen LogP) is 3.81. The van der Waals surface area contributed by atoms with Gasteiger partial charge in [0.1, 0.15) is 0 Å². The molecule has 0 spiro atoms. The van der Waals surface area contributed by atoms with Gasteiger partial charge < -0.3 is 5.32 Å². The molecule has 2 unspecified atom stereocenters. The Bertz CT molecular complexity index is 340. The fourth-order valence-corrected chi connectivity index (χ4v) is 5.39. The maximum Gasteiger partial charge on any atom is 0.0212 e. The van der Waals surface area contributed by atoms with Crippen molar-refractivity contribution < 1.29 is 0 Å². The summed E-state index contributed by atoms with van der Waals surface area (Å²) >= 11 is 0. The fraction of sp³-hybridized carbons (Fsp3) is 1.00. The molecule has 3 fully saturated rings. The van der Waals surface area contributed by atoms with Gasteiger partial charge in [-0.25, -0.2) is 0 Å². The third-order valence-corrected chi connectivity index (χ3v) is 5.67. The Balaban J connectivity index is 1.57. The van der Waals surface area contributed by atoms with Crippen LogP contribution in [0.4, 0.5) is 0 Å². The Kier molecular flexibility index (Phi) is 3.70. The second-order valence-electron chi connectivity index (χ2n) is 9.49. The standard InChI is InChI=1S/C18H34N2/c1-13-8-14(11-20(13)16-6-7-16)19-15-9-17(2,3)12-18(4,5)10-15/h13-16,19H,6-12H2,1-5H3. The van der Waals surface area contributed by atoms with Crippen LogP contribution in [0.5, 0.6) is 0 Å². The highest BCUT2D eigenvalue weighted by Crippen LogP contribution is 2.46. The van der Waals surface area contributed by atoms with Crippen molar-refractivity contribution in [3.63, 3.8) is 0 Å². The summed E-state index contributed by atoms with van der Waals surface area (Å²) in [5, 5.41) is 4.03. The number of nitrogens with zero attached hydrogens (tertiary/aromatic N) is 1. The van der Waals surface area contributed by atoms with Crippen molar-refractivity contribution in [3.8, 4) is 0 Å². The molecule has 2 aliphatic carbocycles. The lowest BCUT2D eigenvalue weighted by Gasteiger charge is -2.46. The monoisotopic (exact) mass is 278 g/mol. The molecule has 0 aromatic carbocycles. The lowest BCUT2D eigenvalue weighted by molar-refractivity contribution is 0.0805. The molecule has 0 amide bonds. The van der Waals surface area contributed by atoms with Crippen molar-refractivity contribution in [2.75, 3.05) is 6.54 Å². The second kappa shape index (κ2) is 4.98. The van der Waals surface area contributed by atoms with Crippen LogP contribution in [0.3, 0.4) is 0 Å². The summed E-state index contributed by atoms with van der Waals surface area (Å²) in [5.74, 6) is 0. The quantitative estimate of drug-likeness (QED) is 0.844. The SMILES string of the molecule is CC1CC(NC2CC(C)(C)CC(C)(C)C2)CN1C1CC1. The zero-order valence-corrected chi connectivity index (χ0v) is 14.2. The average molecular weight is 278 g/mol. The van der Waals surface area contributed by atoms with Gasteiger partial charge in [-0.1, -0.05) is 27.7 Å².